The minimum atomic E-state index is -0.970. The van der Waals surface area contributed by atoms with Gasteiger partial charge in [-0.15, -0.1) is 23.1 Å². The third kappa shape index (κ3) is 4.59. The smallest absolute Gasteiger partial charge is 0.346 e. The van der Waals surface area contributed by atoms with Crippen LogP contribution in [0.15, 0.2) is 39.7 Å². The SMILES string of the molecule is Cc1cc(NC(=O)CSc2ccc(Br)cc2)sc1C(=O)O. The number of halogens is 1. The highest BCUT2D eigenvalue weighted by Crippen LogP contribution is 2.27. The van der Waals surface area contributed by atoms with Crippen LogP contribution in [0.1, 0.15) is 15.2 Å². The maximum atomic E-state index is 11.9. The average molecular weight is 386 g/mol. The summed E-state index contributed by atoms with van der Waals surface area (Å²) in [5, 5.41) is 12.3. The molecule has 0 bridgehead atoms. The Morgan fingerprint density at radius 1 is 1.33 bits per heavy atom. The molecule has 2 rings (SSSR count). The molecule has 0 saturated carbocycles. The molecule has 0 aliphatic heterocycles. The van der Waals surface area contributed by atoms with E-state index in [1.54, 1.807) is 13.0 Å². The molecule has 1 amide bonds. The van der Waals surface area contributed by atoms with Crippen LogP contribution in [0.2, 0.25) is 0 Å². The summed E-state index contributed by atoms with van der Waals surface area (Å²) in [7, 11) is 0. The van der Waals surface area contributed by atoms with Crippen molar-refractivity contribution in [1.82, 2.24) is 0 Å². The molecule has 4 nitrogen and oxygen atoms in total. The Morgan fingerprint density at radius 3 is 2.57 bits per heavy atom. The number of aryl methyl sites for hydroxylation is 1. The number of thiophene rings is 1. The number of hydrogen-bond acceptors (Lipinski definition) is 4. The predicted molar refractivity (Wildman–Crippen MR) is 89.5 cm³/mol. The minimum absolute atomic E-state index is 0.152. The summed E-state index contributed by atoms with van der Waals surface area (Å²) in [6, 6.07) is 9.38. The number of aromatic carboxylic acids is 1. The first-order chi connectivity index (χ1) is 9.95. The maximum absolute atomic E-state index is 11.9. The molecule has 1 aromatic heterocycles. The minimum Gasteiger partial charge on any atom is -0.477 e. The van der Waals surface area contributed by atoms with Crippen LogP contribution >= 0.6 is 39.0 Å². The van der Waals surface area contributed by atoms with E-state index in [0.717, 1.165) is 20.7 Å². The van der Waals surface area contributed by atoms with E-state index in [9.17, 15) is 9.59 Å². The molecule has 2 aromatic rings. The quantitative estimate of drug-likeness (QED) is 0.754. The number of thioether (sulfide) groups is 1. The third-order valence-corrected chi connectivity index (χ3v) is 5.24. The van der Waals surface area contributed by atoms with Crippen LogP contribution in [-0.4, -0.2) is 22.7 Å². The van der Waals surface area contributed by atoms with Gasteiger partial charge in [0.15, 0.2) is 0 Å². The number of carboxylic acid groups (broad SMARTS) is 1. The van der Waals surface area contributed by atoms with Crippen molar-refractivity contribution in [2.45, 2.75) is 11.8 Å². The average Bonchev–Trinajstić information content (AvgIpc) is 2.79. The lowest BCUT2D eigenvalue weighted by Crippen LogP contribution is -2.12. The molecule has 0 aliphatic rings. The van der Waals surface area contributed by atoms with Gasteiger partial charge in [0.2, 0.25) is 5.91 Å². The molecular weight excluding hydrogens is 374 g/mol. The van der Waals surface area contributed by atoms with Crippen molar-refractivity contribution >= 4 is 55.9 Å². The van der Waals surface area contributed by atoms with Gasteiger partial charge < -0.3 is 10.4 Å². The Bertz CT molecular complexity index is 667. The Hall–Kier alpha value is -1.31. The first-order valence-electron chi connectivity index (χ1n) is 5.97. The van der Waals surface area contributed by atoms with Crippen LogP contribution < -0.4 is 5.32 Å². The molecule has 0 atom stereocenters. The summed E-state index contributed by atoms with van der Waals surface area (Å²) in [5.74, 6) is -0.843. The number of rotatable bonds is 5. The number of carboxylic acids is 1. The highest BCUT2D eigenvalue weighted by Gasteiger charge is 2.13. The fraction of sp³-hybridized carbons (Fsp3) is 0.143. The fourth-order valence-electron chi connectivity index (χ4n) is 1.61. The number of hydrogen-bond donors (Lipinski definition) is 2. The van der Waals surface area contributed by atoms with Crippen molar-refractivity contribution in [2.24, 2.45) is 0 Å². The Balaban J connectivity index is 1.91. The van der Waals surface area contributed by atoms with Gasteiger partial charge in [-0.1, -0.05) is 15.9 Å². The first-order valence-corrected chi connectivity index (χ1v) is 8.57. The summed E-state index contributed by atoms with van der Waals surface area (Å²) in [5.41, 5.74) is 0.656. The number of carbonyl (C=O) groups excluding carboxylic acids is 1. The van der Waals surface area contributed by atoms with E-state index in [1.807, 2.05) is 24.3 Å². The number of nitrogens with one attached hydrogen (secondary N) is 1. The topological polar surface area (TPSA) is 66.4 Å². The van der Waals surface area contributed by atoms with E-state index in [0.29, 0.717) is 10.6 Å². The molecule has 0 unspecified atom stereocenters. The molecule has 7 heteroatoms. The van der Waals surface area contributed by atoms with Gasteiger partial charge in [0.1, 0.15) is 4.88 Å². The van der Waals surface area contributed by atoms with E-state index < -0.39 is 5.97 Å². The van der Waals surface area contributed by atoms with E-state index in [4.69, 9.17) is 5.11 Å². The molecule has 110 valence electrons. The van der Waals surface area contributed by atoms with Gasteiger partial charge in [-0.2, -0.15) is 0 Å². The van der Waals surface area contributed by atoms with Crippen LogP contribution in [0.4, 0.5) is 5.00 Å². The fourth-order valence-corrected chi connectivity index (χ4v) is 3.50. The molecular formula is C14H12BrNO3S2. The number of amides is 1. The van der Waals surface area contributed by atoms with Crippen molar-refractivity contribution in [2.75, 3.05) is 11.1 Å². The number of anilines is 1. The van der Waals surface area contributed by atoms with E-state index in [1.165, 1.54) is 11.8 Å². The van der Waals surface area contributed by atoms with Gasteiger partial charge in [0, 0.05) is 9.37 Å². The Morgan fingerprint density at radius 2 is 2.00 bits per heavy atom. The highest BCUT2D eigenvalue weighted by molar-refractivity contribution is 9.10. The molecule has 2 N–H and O–H groups in total. The monoisotopic (exact) mass is 385 g/mol. The van der Waals surface area contributed by atoms with Crippen molar-refractivity contribution in [3.05, 3.63) is 45.2 Å². The Labute approximate surface area is 138 Å². The Kier molecular flexibility index (Phi) is 5.44. The largest absolute Gasteiger partial charge is 0.477 e. The van der Waals surface area contributed by atoms with Gasteiger partial charge in [0.05, 0.1) is 10.8 Å². The summed E-state index contributed by atoms with van der Waals surface area (Å²) in [6.45, 7) is 1.71. The molecule has 1 heterocycles. The van der Waals surface area contributed by atoms with E-state index >= 15 is 0 Å². The zero-order chi connectivity index (χ0) is 15.4. The predicted octanol–water partition coefficient (Wildman–Crippen LogP) is 4.25. The van der Waals surface area contributed by atoms with Crippen molar-refractivity contribution in [3.63, 3.8) is 0 Å². The van der Waals surface area contributed by atoms with Crippen molar-refractivity contribution < 1.29 is 14.7 Å². The zero-order valence-corrected chi connectivity index (χ0v) is 14.3. The van der Waals surface area contributed by atoms with Crippen LogP contribution in [0.5, 0.6) is 0 Å². The molecule has 0 fully saturated rings. The van der Waals surface area contributed by atoms with Gasteiger partial charge in [-0.3, -0.25) is 4.79 Å². The molecule has 0 radical (unpaired) electrons. The number of carbonyl (C=O) groups is 2. The van der Waals surface area contributed by atoms with Gasteiger partial charge >= 0.3 is 5.97 Å². The van der Waals surface area contributed by atoms with Gasteiger partial charge in [-0.05, 0) is 42.8 Å². The third-order valence-electron chi connectivity index (χ3n) is 2.56. The summed E-state index contributed by atoms with van der Waals surface area (Å²) < 4.78 is 0.992. The van der Waals surface area contributed by atoms with E-state index in [2.05, 4.69) is 21.2 Å². The van der Waals surface area contributed by atoms with Crippen molar-refractivity contribution in [1.29, 1.82) is 0 Å². The lowest BCUT2D eigenvalue weighted by atomic mass is 10.3. The lowest BCUT2D eigenvalue weighted by molar-refractivity contribution is -0.113. The van der Waals surface area contributed by atoms with Crippen LogP contribution in [0.3, 0.4) is 0 Å². The number of benzene rings is 1. The molecule has 0 saturated heterocycles. The summed E-state index contributed by atoms with van der Waals surface area (Å²) in [6.07, 6.45) is 0. The van der Waals surface area contributed by atoms with Crippen LogP contribution in [0.25, 0.3) is 0 Å². The first kappa shape index (κ1) is 16.1. The lowest BCUT2D eigenvalue weighted by Gasteiger charge is -2.03. The normalized spacial score (nSPS) is 10.4. The van der Waals surface area contributed by atoms with Crippen LogP contribution in [0, 0.1) is 6.92 Å². The second-order valence-corrected chi connectivity index (χ2v) is 7.24. The van der Waals surface area contributed by atoms with E-state index in [-0.39, 0.29) is 16.5 Å². The second kappa shape index (κ2) is 7.11. The van der Waals surface area contributed by atoms with Crippen LogP contribution in [-0.2, 0) is 4.79 Å². The molecule has 21 heavy (non-hydrogen) atoms. The van der Waals surface area contributed by atoms with Gasteiger partial charge in [0.25, 0.3) is 0 Å². The maximum Gasteiger partial charge on any atom is 0.346 e. The molecule has 1 aromatic carbocycles. The second-order valence-electron chi connectivity index (χ2n) is 4.22. The summed E-state index contributed by atoms with van der Waals surface area (Å²) >= 11 is 5.86. The summed E-state index contributed by atoms with van der Waals surface area (Å²) in [4.78, 5) is 24.1. The zero-order valence-electron chi connectivity index (χ0n) is 11.1. The van der Waals surface area contributed by atoms with Gasteiger partial charge in [-0.25, -0.2) is 4.79 Å². The molecule has 0 spiro atoms. The van der Waals surface area contributed by atoms with Crippen molar-refractivity contribution in [3.8, 4) is 0 Å². The molecule has 0 aliphatic carbocycles. The standard InChI is InChI=1S/C14H12BrNO3S2/c1-8-6-12(21-13(8)14(18)19)16-11(17)7-20-10-4-2-9(15)3-5-10/h2-6H,7H2,1H3,(H,16,17)(H,18,19). The highest BCUT2D eigenvalue weighted by atomic mass is 79.9.